The van der Waals surface area contributed by atoms with Gasteiger partial charge in [0.05, 0.1) is 6.20 Å². The summed E-state index contributed by atoms with van der Waals surface area (Å²) in [5.74, 6) is 0.917. The van der Waals surface area contributed by atoms with Crippen molar-refractivity contribution in [1.29, 1.82) is 0 Å². The van der Waals surface area contributed by atoms with Gasteiger partial charge in [-0.25, -0.2) is 0 Å². The minimum absolute atomic E-state index is 0.293. The summed E-state index contributed by atoms with van der Waals surface area (Å²) in [4.78, 5) is 0. The summed E-state index contributed by atoms with van der Waals surface area (Å²) in [7, 11) is 1.92. The van der Waals surface area contributed by atoms with E-state index >= 15 is 0 Å². The molecule has 1 heterocycles. The van der Waals surface area contributed by atoms with Crippen LogP contribution in [0.5, 0.6) is 5.75 Å². The van der Waals surface area contributed by atoms with Crippen molar-refractivity contribution in [2.24, 2.45) is 7.05 Å². The first kappa shape index (κ1) is 13.6. The lowest BCUT2D eigenvalue weighted by molar-refractivity contribution is 0.272. The number of aromatic nitrogens is 2. The average Bonchev–Trinajstić information content (AvgIpc) is 2.81. The first-order valence-electron chi connectivity index (χ1n) is 6.54. The zero-order valence-corrected chi connectivity index (χ0v) is 11.8. The zero-order chi connectivity index (χ0) is 13.7. The van der Waals surface area contributed by atoms with E-state index in [1.807, 2.05) is 36.3 Å². The van der Waals surface area contributed by atoms with Gasteiger partial charge in [-0.05, 0) is 26.0 Å². The van der Waals surface area contributed by atoms with Crippen molar-refractivity contribution in [1.82, 2.24) is 15.1 Å². The summed E-state index contributed by atoms with van der Waals surface area (Å²) >= 11 is 0. The molecule has 4 nitrogen and oxygen atoms in total. The molecule has 0 amide bonds. The molecule has 0 saturated heterocycles. The van der Waals surface area contributed by atoms with Crippen LogP contribution in [0.1, 0.15) is 18.1 Å². The Bertz CT molecular complexity index is 504. The van der Waals surface area contributed by atoms with Gasteiger partial charge < -0.3 is 10.1 Å². The van der Waals surface area contributed by atoms with E-state index in [0.29, 0.717) is 12.6 Å². The molecular formula is C15H21N3O. The van der Waals surface area contributed by atoms with E-state index in [0.717, 1.165) is 12.3 Å². The molecule has 0 aliphatic carbocycles. The van der Waals surface area contributed by atoms with E-state index in [9.17, 15) is 0 Å². The monoisotopic (exact) mass is 259 g/mol. The highest BCUT2D eigenvalue weighted by atomic mass is 16.5. The number of nitrogens with one attached hydrogen (secondary N) is 1. The van der Waals surface area contributed by atoms with Crippen molar-refractivity contribution in [2.45, 2.75) is 26.4 Å². The second-order valence-electron chi connectivity index (χ2n) is 4.93. The maximum atomic E-state index is 5.73. The van der Waals surface area contributed by atoms with E-state index in [1.54, 1.807) is 0 Å². The van der Waals surface area contributed by atoms with Gasteiger partial charge in [0.2, 0.25) is 0 Å². The molecule has 1 aromatic heterocycles. The Morgan fingerprint density at radius 1 is 1.32 bits per heavy atom. The van der Waals surface area contributed by atoms with Crippen LogP contribution in [-0.2, 0) is 13.6 Å². The van der Waals surface area contributed by atoms with Gasteiger partial charge in [-0.15, -0.1) is 0 Å². The first-order chi connectivity index (χ1) is 9.13. The molecule has 19 heavy (non-hydrogen) atoms. The van der Waals surface area contributed by atoms with Crippen molar-refractivity contribution in [3.8, 4) is 5.75 Å². The maximum Gasteiger partial charge on any atom is 0.119 e. The molecule has 0 aliphatic rings. The minimum Gasteiger partial charge on any atom is -0.492 e. The van der Waals surface area contributed by atoms with Crippen molar-refractivity contribution >= 4 is 0 Å². The van der Waals surface area contributed by atoms with Crippen LogP contribution in [0.25, 0.3) is 0 Å². The second kappa shape index (κ2) is 6.38. The molecule has 1 aromatic carbocycles. The molecule has 0 bridgehead atoms. The number of rotatable bonds is 6. The lowest BCUT2D eigenvalue weighted by Gasteiger charge is -2.14. The molecule has 0 saturated carbocycles. The molecule has 4 heteroatoms. The van der Waals surface area contributed by atoms with Crippen molar-refractivity contribution in [2.75, 3.05) is 6.61 Å². The van der Waals surface area contributed by atoms with Crippen LogP contribution >= 0.6 is 0 Å². The molecule has 0 fully saturated rings. The van der Waals surface area contributed by atoms with Gasteiger partial charge in [0.1, 0.15) is 12.4 Å². The largest absolute Gasteiger partial charge is 0.492 e. The summed E-state index contributed by atoms with van der Waals surface area (Å²) in [6, 6.07) is 8.42. The van der Waals surface area contributed by atoms with Gasteiger partial charge in [0.25, 0.3) is 0 Å². The SMILES string of the molecule is Cc1ccc(OCC(C)NCc2cnn(C)c2)cc1. The molecule has 0 radical (unpaired) electrons. The topological polar surface area (TPSA) is 39.1 Å². The Morgan fingerprint density at radius 3 is 2.68 bits per heavy atom. The normalized spacial score (nSPS) is 12.4. The summed E-state index contributed by atoms with van der Waals surface area (Å²) in [5.41, 5.74) is 2.43. The molecule has 0 spiro atoms. The highest BCUT2D eigenvalue weighted by Gasteiger charge is 2.04. The van der Waals surface area contributed by atoms with Crippen LogP contribution in [0, 0.1) is 6.92 Å². The van der Waals surface area contributed by atoms with Crippen molar-refractivity contribution in [3.63, 3.8) is 0 Å². The van der Waals surface area contributed by atoms with E-state index in [1.165, 1.54) is 11.1 Å². The molecule has 102 valence electrons. The Hall–Kier alpha value is -1.81. The summed E-state index contributed by atoms with van der Waals surface area (Å²) < 4.78 is 7.54. The number of ether oxygens (including phenoxy) is 1. The standard InChI is InChI=1S/C15H21N3O/c1-12-4-6-15(7-5-12)19-11-13(2)16-8-14-9-17-18(3)10-14/h4-7,9-10,13,16H,8,11H2,1-3H3. The summed E-state index contributed by atoms with van der Waals surface area (Å²) in [5, 5.41) is 7.56. The molecule has 1 atom stereocenters. The lowest BCUT2D eigenvalue weighted by atomic mass is 10.2. The maximum absolute atomic E-state index is 5.73. The number of aryl methyl sites for hydroxylation is 2. The summed E-state index contributed by atoms with van der Waals surface area (Å²) in [6.45, 7) is 5.65. The summed E-state index contributed by atoms with van der Waals surface area (Å²) in [6.07, 6.45) is 3.89. The van der Waals surface area contributed by atoms with E-state index < -0.39 is 0 Å². The fourth-order valence-corrected chi connectivity index (χ4v) is 1.77. The third-order valence-corrected chi connectivity index (χ3v) is 2.93. The second-order valence-corrected chi connectivity index (χ2v) is 4.93. The van der Waals surface area contributed by atoms with Gasteiger partial charge in [0.15, 0.2) is 0 Å². The number of hydrogen-bond donors (Lipinski definition) is 1. The van der Waals surface area contributed by atoms with E-state index in [4.69, 9.17) is 4.74 Å². The van der Waals surface area contributed by atoms with Gasteiger partial charge in [0, 0.05) is 31.4 Å². The predicted molar refractivity (Wildman–Crippen MR) is 76.2 cm³/mol. The van der Waals surface area contributed by atoms with Crippen LogP contribution in [0.3, 0.4) is 0 Å². The van der Waals surface area contributed by atoms with Gasteiger partial charge >= 0.3 is 0 Å². The van der Waals surface area contributed by atoms with Crippen LogP contribution in [0.2, 0.25) is 0 Å². The van der Waals surface area contributed by atoms with Crippen LogP contribution < -0.4 is 10.1 Å². The third-order valence-electron chi connectivity index (χ3n) is 2.93. The minimum atomic E-state index is 0.293. The highest BCUT2D eigenvalue weighted by molar-refractivity contribution is 5.26. The van der Waals surface area contributed by atoms with Crippen LogP contribution in [0.15, 0.2) is 36.7 Å². The predicted octanol–water partition coefficient (Wildman–Crippen LogP) is 2.29. The highest BCUT2D eigenvalue weighted by Crippen LogP contribution is 2.11. The van der Waals surface area contributed by atoms with Gasteiger partial charge in [-0.2, -0.15) is 5.10 Å². The first-order valence-corrected chi connectivity index (χ1v) is 6.54. The Labute approximate surface area is 114 Å². The molecule has 2 aromatic rings. The van der Waals surface area contributed by atoms with Crippen LogP contribution in [-0.4, -0.2) is 22.4 Å². The van der Waals surface area contributed by atoms with Crippen molar-refractivity contribution in [3.05, 3.63) is 47.8 Å². The number of nitrogens with zero attached hydrogens (tertiary/aromatic N) is 2. The van der Waals surface area contributed by atoms with Crippen molar-refractivity contribution < 1.29 is 4.74 Å². The Balaban J connectivity index is 1.72. The van der Waals surface area contributed by atoms with E-state index in [2.05, 4.69) is 36.4 Å². The van der Waals surface area contributed by atoms with Gasteiger partial charge in [-0.3, -0.25) is 4.68 Å². The lowest BCUT2D eigenvalue weighted by Crippen LogP contribution is -2.31. The third kappa shape index (κ3) is 4.41. The molecular weight excluding hydrogens is 238 g/mol. The zero-order valence-electron chi connectivity index (χ0n) is 11.8. The number of benzene rings is 1. The smallest absolute Gasteiger partial charge is 0.119 e. The molecule has 1 N–H and O–H groups in total. The number of hydrogen-bond acceptors (Lipinski definition) is 3. The molecule has 0 aliphatic heterocycles. The quantitative estimate of drug-likeness (QED) is 0.865. The Kier molecular flexibility index (Phi) is 4.58. The molecule has 1 unspecified atom stereocenters. The van der Waals surface area contributed by atoms with Crippen LogP contribution in [0.4, 0.5) is 0 Å². The van der Waals surface area contributed by atoms with Gasteiger partial charge in [-0.1, -0.05) is 17.7 Å². The molecule has 2 rings (SSSR count). The fraction of sp³-hybridized carbons (Fsp3) is 0.400. The average molecular weight is 259 g/mol. The Morgan fingerprint density at radius 2 is 2.05 bits per heavy atom. The van der Waals surface area contributed by atoms with E-state index in [-0.39, 0.29) is 0 Å². The fourth-order valence-electron chi connectivity index (χ4n) is 1.77.